The lowest BCUT2D eigenvalue weighted by molar-refractivity contribution is -0.116. The molecule has 0 spiro atoms. The largest absolute Gasteiger partial charge is 0.454 e. The fraction of sp³-hybridized carbons (Fsp3) is 0.333. The lowest BCUT2D eigenvalue weighted by atomic mass is 10.1. The molecule has 0 saturated heterocycles. The number of hydrogen-bond donors (Lipinski definition) is 1. The van der Waals surface area contributed by atoms with Crippen molar-refractivity contribution in [3.8, 4) is 11.5 Å². The van der Waals surface area contributed by atoms with Crippen LogP contribution in [0.3, 0.4) is 0 Å². The Bertz CT molecular complexity index is 456. The first-order valence-electron chi connectivity index (χ1n) is 5.43. The first kappa shape index (κ1) is 11.4. The molecule has 0 atom stereocenters. The standard InChI is InChI=1S/C12H13NO4/c1-2-3-12(15)13-9-5-11-10(16-7-17-11)4-8(9)6-14/h4-6H,2-3,7H2,1H3,(H,13,15). The molecule has 0 bridgehead atoms. The number of nitrogens with one attached hydrogen (secondary N) is 1. The van der Waals surface area contributed by atoms with Crippen LogP contribution in [0.4, 0.5) is 5.69 Å². The smallest absolute Gasteiger partial charge is 0.231 e. The summed E-state index contributed by atoms with van der Waals surface area (Å²) in [5.41, 5.74) is 0.849. The maximum Gasteiger partial charge on any atom is 0.231 e. The molecular formula is C12H13NO4. The Morgan fingerprint density at radius 3 is 2.76 bits per heavy atom. The van der Waals surface area contributed by atoms with Crippen LogP contribution in [-0.4, -0.2) is 19.0 Å². The zero-order valence-electron chi connectivity index (χ0n) is 9.49. The van der Waals surface area contributed by atoms with Crippen LogP contribution in [0, 0.1) is 0 Å². The molecule has 1 aliphatic heterocycles. The van der Waals surface area contributed by atoms with E-state index in [1.807, 2.05) is 6.92 Å². The summed E-state index contributed by atoms with van der Waals surface area (Å²) in [5.74, 6) is 0.956. The van der Waals surface area contributed by atoms with Gasteiger partial charge in [-0.3, -0.25) is 9.59 Å². The van der Waals surface area contributed by atoms with Gasteiger partial charge in [-0.2, -0.15) is 0 Å². The first-order chi connectivity index (χ1) is 8.24. The average molecular weight is 235 g/mol. The molecule has 5 heteroatoms. The van der Waals surface area contributed by atoms with E-state index in [9.17, 15) is 9.59 Å². The molecule has 0 aliphatic carbocycles. The molecule has 1 aromatic rings. The summed E-state index contributed by atoms with van der Waals surface area (Å²) in [6, 6.07) is 3.18. The number of fused-ring (bicyclic) bond motifs is 1. The van der Waals surface area contributed by atoms with Crippen LogP contribution in [0.15, 0.2) is 12.1 Å². The third-order valence-electron chi connectivity index (χ3n) is 2.42. The maximum absolute atomic E-state index is 11.5. The third-order valence-corrected chi connectivity index (χ3v) is 2.42. The molecule has 1 N–H and O–H groups in total. The van der Waals surface area contributed by atoms with Crippen molar-refractivity contribution in [2.75, 3.05) is 12.1 Å². The van der Waals surface area contributed by atoms with Gasteiger partial charge in [0.05, 0.1) is 5.69 Å². The molecule has 0 fully saturated rings. The van der Waals surface area contributed by atoms with Gasteiger partial charge in [-0.1, -0.05) is 6.92 Å². The Morgan fingerprint density at radius 1 is 1.41 bits per heavy atom. The number of ether oxygens (including phenoxy) is 2. The SMILES string of the molecule is CCCC(=O)Nc1cc2c(cc1C=O)OCO2. The molecule has 1 amide bonds. The minimum absolute atomic E-state index is 0.116. The normalized spacial score (nSPS) is 12.3. The van der Waals surface area contributed by atoms with E-state index in [4.69, 9.17) is 9.47 Å². The number of anilines is 1. The van der Waals surface area contributed by atoms with Crippen molar-refractivity contribution in [1.82, 2.24) is 0 Å². The molecule has 2 rings (SSSR count). The Balaban J connectivity index is 2.26. The Hall–Kier alpha value is -2.04. The average Bonchev–Trinajstić information content (AvgIpc) is 2.75. The Morgan fingerprint density at radius 2 is 2.12 bits per heavy atom. The zero-order chi connectivity index (χ0) is 12.3. The second kappa shape index (κ2) is 4.86. The number of aldehydes is 1. The van der Waals surface area contributed by atoms with Crippen molar-refractivity contribution < 1.29 is 19.1 Å². The lowest BCUT2D eigenvalue weighted by Crippen LogP contribution is -2.12. The van der Waals surface area contributed by atoms with E-state index in [1.54, 1.807) is 12.1 Å². The van der Waals surface area contributed by atoms with Gasteiger partial charge in [0.2, 0.25) is 12.7 Å². The Kier molecular flexibility index (Phi) is 3.27. The van der Waals surface area contributed by atoms with Crippen LogP contribution in [-0.2, 0) is 4.79 Å². The van der Waals surface area contributed by atoms with E-state index in [1.165, 1.54) is 0 Å². The highest BCUT2D eigenvalue weighted by atomic mass is 16.7. The molecule has 0 saturated carbocycles. The van der Waals surface area contributed by atoms with Crippen LogP contribution < -0.4 is 14.8 Å². The second-order valence-electron chi connectivity index (χ2n) is 3.71. The molecular weight excluding hydrogens is 222 g/mol. The summed E-state index contributed by atoms with van der Waals surface area (Å²) in [6.45, 7) is 2.06. The molecule has 90 valence electrons. The molecule has 17 heavy (non-hydrogen) atoms. The number of carbonyl (C=O) groups excluding carboxylic acids is 2. The second-order valence-corrected chi connectivity index (χ2v) is 3.71. The van der Waals surface area contributed by atoms with Crippen molar-refractivity contribution in [2.24, 2.45) is 0 Å². The van der Waals surface area contributed by atoms with Gasteiger partial charge in [0.15, 0.2) is 17.8 Å². The fourth-order valence-electron chi connectivity index (χ4n) is 1.60. The van der Waals surface area contributed by atoms with Crippen LogP contribution in [0.1, 0.15) is 30.1 Å². The van der Waals surface area contributed by atoms with Crippen molar-refractivity contribution >= 4 is 17.9 Å². The first-order valence-corrected chi connectivity index (χ1v) is 5.43. The molecule has 1 heterocycles. The van der Waals surface area contributed by atoms with Crippen molar-refractivity contribution in [2.45, 2.75) is 19.8 Å². The molecule has 0 unspecified atom stereocenters. The summed E-state index contributed by atoms with van der Waals surface area (Å²) in [7, 11) is 0. The molecule has 1 aliphatic rings. The number of rotatable bonds is 4. The summed E-state index contributed by atoms with van der Waals surface area (Å²) in [4.78, 5) is 22.4. The van der Waals surface area contributed by atoms with E-state index >= 15 is 0 Å². The van der Waals surface area contributed by atoms with E-state index in [2.05, 4.69) is 5.32 Å². The van der Waals surface area contributed by atoms with Crippen LogP contribution in [0.25, 0.3) is 0 Å². The van der Waals surface area contributed by atoms with E-state index in [0.29, 0.717) is 35.5 Å². The van der Waals surface area contributed by atoms with Gasteiger partial charge in [-0.15, -0.1) is 0 Å². The molecule has 0 radical (unpaired) electrons. The van der Waals surface area contributed by atoms with E-state index in [-0.39, 0.29) is 12.7 Å². The summed E-state index contributed by atoms with van der Waals surface area (Å²) >= 11 is 0. The van der Waals surface area contributed by atoms with Gasteiger partial charge in [0.25, 0.3) is 0 Å². The summed E-state index contributed by atoms with van der Waals surface area (Å²) in [5, 5.41) is 2.69. The van der Waals surface area contributed by atoms with Crippen molar-refractivity contribution in [1.29, 1.82) is 0 Å². The van der Waals surface area contributed by atoms with Gasteiger partial charge < -0.3 is 14.8 Å². The highest BCUT2D eigenvalue weighted by Crippen LogP contribution is 2.36. The predicted octanol–water partition coefficient (Wildman–Crippen LogP) is 1.97. The summed E-state index contributed by atoms with van der Waals surface area (Å²) < 4.78 is 10.3. The van der Waals surface area contributed by atoms with Crippen LogP contribution in [0.2, 0.25) is 0 Å². The molecule has 0 aromatic heterocycles. The lowest BCUT2D eigenvalue weighted by Gasteiger charge is -2.08. The van der Waals surface area contributed by atoms with Crippen molar-refractivity contribution in [3.63, 3.8) is 0 Å². The monoisotopic (exact) mass is 235 g/mol. The highest BCUT2D eigenvalue weighted by molar-refractivity contribution is 5.97. The van der Waals surface area contributed by atoms with E-state index < -0.39 is 0 Å². The fourth-order valence-corrected chi connectivity index (χ4v) is 1.60. The number of carbonyl (C=O) groups is 2. The van der Waals surface area contributed by atoms with E-state index in [0.717, 1.165) is 6.42 Å². The van der Waals surface area contributed by atoms with Crippen molar-refractivity contribution in [3.05, 3.63) is 17.7 Å². The highest BCUT2D eigenvalue weighted by Gasteiger charge is 2.17. The number of amides is 1. The van der Waals surface area contributed by atoms with Gasteiger partial charge in [-0.05, 0) is 12.5 Å². The number of hydrogen-bond acceptors (Lipinski definition) is 4. The molecule has 1 aromatic carbocycles. The van der Waals surface area contributed by atoms with Gasteiger partial charge >= 0.3 is 0 Å². The minimum atomic E-state index is -0.116. The maximum atomic E-state index is 11.5. The minimum Gasteiger partial charge on any atom is -0.454 e. The predicted molar refractivity (Wildman–Crippen MR) is 61.5 cm³/mol. The summed E-state index contributed by atoms with van der Waals surface area (Å²) in [6.07, 6.45) is 1.86. The van der Waals surface area contributed by atoms with Crippen LogP contribution in [0.5, 0.6) is 11.5 Å². The quantitative estimate of drug-likeness (QED) is 0.810. The van der Waals surface area contributed by atoms with Gasteiger partial charge in [0.1, 0.15) is 0 Å². The van der Waals surface area contributed by atoms with Gasteiger partial charge in [-0.25, -0.2) is 0 Å². The van der Waals surface area contributed by atoms with Crippen LogP contribution >= 0.6 is 0 Å². The zero-order valence-corrected chi connectivity index (χ0v) is 9.49. The third kappa shape index (κ3) is 2.38. The molecule has 5 nitrogen and oxygen atoms in total. The van der Waals surface area contributed by atoms with Gasteiger partial charge in [0, 0.05) is 18.1 Å². The number of benzene rings is 1. The Labute approximate surface area is 98.7 Å². The topological polar surface area (TPSA) is 64.6 Å².